The van der Waals surface area contributed by atoms with Crippen molar-refractivity contribution in [3.63, 3.8) is 0 Å². The van der Waals surface area contributed by atoms with E-state index in [-0.39, 0.29) is 0 Å². The highest BCUT2D eigenvalue weighted by Crippen LogP contribution is 2.14. The molecule has 0 unspecified atom stereocenters. The Bertz CT molecular complexity index is 798. The molecule has 0 amide bonds. The third-order valence-electron chi connectivity index (χ3n) is 3.04. The molecule has 0 aliphatic rings. The van der Waals surface area contributed by atoms with Crippen LogP contribution in [0.25, 0.3) is 11.3 Å². The molecule has 3 aromatic rings. The molecule has 0 bridgehead atoms. The van der Waals surface area contributed by atoms with Gasteiger partial charge in [0.25, 0.3) is 0 Å². The number of rotatable bonds is 2. The number of aromatic nitrogens is 4. The van der Waals surface area contributed by atoms with E-state index in [0.717, 1.165) is 21.7 Å². The smallest absolute Gasteiger partial charge is 0.338 e. The number of hydrogen-bond donors (Lipinski definition) is 2. The molecular formula is C16H17N4O4+. The lowest BCUT2D eigenvalue weighted by atomic mass is 10.2. The van der Waals surface area contributed by atoms with Crippen molar-refractivity contribution >= 4 is 5.97 Å². The number of hydrogen-bond acceptors (Lipinski definition) is 5. The van der Waals surface area contributed by atoms with E-state index in [2.05, 4.69) is 14.9 Å². The van der Waals surface area contributed by atoms with E-state index in [0.29, 0.717) is 10.3 Å². The van der Waals surface area contributed by atoms with E-state index in [1.807, 2.05) is 13.0 Å². The summed E-state index contributed by atoms with van der Waals surface area (Å²) in [6.07, 6.45) is 5.62. The van der Waals surface area contributed by atoms with Crippen molar-refractivity contribution in [2.75, 3.05) is 7.11 Å². The molecule has 8 nitrogen and oxygen atoms in total. The van der Waals surface area contributed by atoms with Crippen molar-refractivity contribution in [3.8, 4) is 11.3 Å². The number of pyridine rings is 2. The fourth-order valence-corrected chi connectivity index (χ4v) is 1.82. The molecule has 0 saturated carbocycles. The van der Waals surface area contributed by atoms with E-state index in [4.69, 9.17) is 5.21 Å². The summed E-state index contributed by atoms with van der Waals surface area (Å²) in [7, 11) is 1.29. The number of methoxy groups -OCH3 is 1. The first-order valence-electron chi connectivity index (χ1n) is 6.99. The highest BCUT2D eigenvalue weighted by atomic mass is 16.5. The molecule has 0 aliphatic carbocycles. The minimum absolute atomic E-state index is 0.375. The Kier molecular flexibility index (Phi) is 5.45. The van der Waals surface area contributed by atoms with E-state index in [1.54, 1.807) is 24.5 Å². The number of carbonyl (C=O) groups excluding carboxylic acids is 1. The van der Waals surface area contributed by atoms with Crippen molar-refractivity contribution in [1.82, 2.24) is 10.2 Å². The van der Waals surface area contributed by atoms with Crippen LogP contribution in [0.1, 0.15) is 16.1 Å². The second kappa shape index (κ2) is 7.73. The maximum atomic E-state index is 10.8. The number of nitrogens with one attached hydrogen (secondary N) is 1. The Morgan fingerprint density at radius 2 is 1.83 bits per heavy atom. The lowest BCUT2D eigenvalue weighted by Crippen LogP contribution is -2.27. The molecule has 2 N–H and O–H groups in total. The van der Waals surface area contributed by atoms with Gasteiger partial charge in [-0.1, -0.05) is 0 Å². The van der Waals surface area contributed by atoms with Gasteiger partial charge in [-0.2, -0.15) is 9.83 Å². The van der Waals surface area contributed by atoms with Crippen LogP contribution in [0, 0.1) is 12.1 Å². The molecule has 24 heavy (non-hydrogen) atoms. The Labute approximate surface area is 138 Å². The molecule has 124 valence electrons. The molecule has 0 aliphatic heterocycles. The van der Waals surface area contributed by atoms with E-state index in [9.17, 15) is 10.0 Å². The maximum Gasteiger partial charge on any atom is 0.338 e. The molecule has 0 fully saturated rings. The molecule has 8 heteroatoms. The van der Waals surface area contributed by atoms with Gasteiger partial charge in [0, 0.05) is 40.3 Å². The molecule has 3 heterocycles. The van der Waals surface area contributed by atoms with Crippen LogP contribution in [0.3, 0.4) is 0 Å². The van der Waals surface area contributed by atoms with Gasteiger partial charge < -0.3 is 9.94 Å². The molecule has 0 spiro atoms. The van der Waals surface area contributed by atoms with Crippen molar-refractivity contribution in [3.05, 3.63) is 71.6 Å². The Balaban J connectivity index is 0.000000177. The summed E-state index contributed by atoms with van der Waals surface area (Å²) in [5, 5.41) is 26.5. The van der Waals surface area contributed by atoms with Crippen LogP contribution < -0.4 is 9.46 Å². The topological polar surface area (TPSA) is 106 Å². The molecule has 0 aromatic carbocycles. The third-order valence-corrected chi connectivity index (χ3v) is 3.04. The zero-order valence-corrected chi connectivity index (χ0v) is 13.2. The molecule has 3 aromatic heterocycles. The molecular weight excluding hydrogens is 312 g/mol. The Hall–Kier alpha value is -3.42. The van der Waals surface area contributed by atoms with Gasteiger partial charge in [-0.05, 0) is 13.0 Å². The summed E-state index contributed by atoms with van der Waals surface area (Å²) in [4.78, 5) is 10.8. The van der Waals surface area contributed by atoms with Gasteiger partial charge in [0.15, 0.2) is 12.4 Å². The number of carbonyl (C=O) groups is 1. The Morgan fingerprint density at radius 1 is 1.21 bits per heavy atom. The maximum absolute atomic E-state index is 10.8. The minimum Gasteiger partial charge on any atom is -0.619 e. The van der Waals surface area contributed by atoms with Gasteiger partial charge in [-0.15, -0.1) is 0 Å². The van der Waals surface area contributed by atoms with Gasteiger partial charge in [0.05, 0.1) is 18.4 Å². The summed E-state index contributed by atoms with van der Waals surface area (Å²) in [5.41, 5.74) is 3.27. The number of nitrogens with zero attached hydrogens (tertiary/aromatic N) is 3. The number of aryl methyl sites for hydroxylation is 1. The standard InChI is InChI=1S/C9H9N3O.C7H7NO3/c1-7-6-9(11-10-7)8-2-4-12(13)5-3-8;1-11-7(9)6-2-4-8(10)5-3-6/h2-6,13H,1H3;2-5H,1H3/p+1. The average molecular weight is 329 g/mol. The number of H-pyrrole nitrogens is 1. The second-order valence-electron chi connectivity index (χ2n) is 4.84. The van der Waals surface area contributed by atoms with E-state index in [1.165, 1.54) is 31.6 Å². The predicted octanol–water partition coefficient (Wildman–Crippen LogP) is 1.02. The van der Waals surface area contributed by atoms with E-state index >= 15 is 0 Å². The lowest BCUT2D eigenvalue weighted by molar-refractivity contribution is -0.904. The van der Waals surface area contributed by atoms with Crippen molar-refractivity contribution in [2.24, 2.45) is 0 Å². The van der Waals surface area contributed by atoms with Crippen molar-refractivity contribution in [1.29, 1.82) is 0 Å². The highest BCUT2D eigenvalue weighted by Gasteiger charge is 2.05. The van der Waals surface area contributed by atoms with Crippen LogP contribution >= 0.6 is 0 Å². The largest absolute Gasteiger partial charge is 0.619 e. The van der Waals surface area contributed by atoms with Crippen LogP contribution in [0.4, 0.5) is 0 Å². The summed E-state index contributed by atoms with van der Waals surface area (Å²) >= 11 is 0. The van der Waals surface area contributed by atoms with Gasteiger partial charge in [0.2, 0.25) is 12.4 Å². The lowest BCUT2D eigenvalue weighted by Gasteiger charge is -1.97. The first-order chi connectivity index (χ1) is 11.5. The zero-order valence-electron chi connectivity index (χ0n) is 13.2. The number of aromatic amines is 1. The second-order valence-corrected chi connectivity index (χ2v) is 4.84. The first-order valence-corrected chi connectivity index (χ1v) is 6.99. The third kappa shape index (κ3) is 4.54. The first kappa shape index (κ1) is 16.9. The fourth-order valence-electron chi connectivity index (χ4n) is 1.82. The fraction of sp³-hybridized carbons (Fsp3) is 0.125. The summed E-state index contributed by atoms with van der Waals surface area (Å²) in [6.45, 7) is 1.95. The summed E-state index contributed by atoms with van der Waals surface area (Å²) in [6, 6.07) is 8.36. The predicted molar refractivity (Wildman–Crippen MR) is 82.9 cm³/mol. The van der Waals surface area contributed by atoms with Gasteiger partial charge in [-0.3, -0.25) is 10.3 Å². The van der Waals surface area contributed by atoms with Gasteiger partial charge >= 0.3 is 5.97 Å². The van der Waals surface area contributed by atoms with Crippen molar-refractivity contribution in [2.45, 2.75) is 6.92 Å². The van der Waals surface area contributed by atoms with Crippen LogP contribution in [0.5, 0.6) is 0 Å². The molecule has 0 saturated heterocycles. The monoisotopic (exact) mass is 329 g/mol. The highest BCUT2D eigenvalue weighted by molar-refractivity contribution is 5.88. The quantitative estimate of drug-likeness (QED) is 0.316. The van der Waals surface area contributed by atoms with Crippen LogP contribution in [0.15, 0.2) is 55.1 Å². The van der Waals surface area contributed by atoms with Gasteiger partial charge in [0.1, 0.15) is 0 Å². The van der Waals surface area contributed by atoms with Crippen LogP contribution in [-0.2, 0) is 4.74 Å². The zero-order chi connectivity index (χ0) is 17.5. The minimum atomic E-state index is -0.439. The van der Waals surface area contributed by atoms with Crippen LogP contribution in [0.2, 0.25) is 0 Å². The average Bonchev–Trinajstić information content (AvgIpc) is 3.02. The SMILES string of the molecule is COC(=O)c1cc[n+]([O-])cc1.Cc1cc(-c2cc[n+](O)cc2)n[nH]1. The number of ether oxygens (including phenoxy) is 1. The normalized spacial score (nSPS) is 9.75. The van der Waals surface area contributed by atoms with Crippen LogP contribution in [-0.4, -0.2) is 28.5 Å². The molecule has 0 radical (unpaired) electrons. The number of esters is 1. The summed E-state index contributed by atoms with van der Waals surface area (Å²) < 4.78 is 6.03. The molecule has 0 atom stereocenters. The van der Waals surface area contributed by atoms with Gasteiger partial charge in [-0.25, -0.2) is 4.79 Å². The van der Waals surface area contributed by atoms with Crippen molar-refractivity contribution < 1.29 is 24.2 Å². The Morgan fingerprint density at radius 3 is 2.33 bits per heavy atom. The van der Waals surface area contributed by atoms with E-state index < -0.39 is 5.97 Å². The summed E-state index contributed by atoms with van der Waals surface area (Å²) in [5.74, 6) is -0.439. The molecule has 3 rings (SSSR count).